The van der Waals surface area contributed by atoms with Crippen LogP contribution in [0.4, 0.5) is 5.69 Å². The van der Waals surface area contributed by atoms with Crippen LogP contribution in [-0.4, -0.2) is 17.0 Å². The van der Waals surface area contributed by atoms with E-state index < -0.39 is 4.92 Å². The summed E-state index contributed by atoms with van der Waals surface area (Å²) >= 11 is 0. The van der Waals surface area contributed by atoms with Crippen molar-refractivity contribution in [1.29, 1.82) is 0 Å². The van der Waals surface area contributed by atoms with Gasteiger partial charge >= 0.3 is 0 Å². The Labute approximate surface area is 144 Å². The van der Waals surface area contributed by atoms with Crippen molar-refractivity contribution in [2.75, 3.05) is 0 Å². The van der Waals surface area contributed by atoms with Crippen molar-refractivity contribution in [3.05, 3.63) is 81.9 Å². The number of hydrazine groups is 1. The summed E-state index contributed by atoms with van der Waals surface area (Å²) in [6, 6.07) is 16.2. The molecule has 3 N–H and O–H groups in total. The van der Waals surface area contributed by atoms with Gasteiger partial charge in [-0.25, -0.2) is 10.9 Å². The smallest absolute Gasteiger partial charge is 0.269 e. The molecule has 1 aliphatic heterocycles. The molecule has 2 unspecified atom stereocenters. The van der Waals surface area contributed by atoms with Crippen LogP contribution in [0.2, 0.25) is 0 Å². The van der Waals surface area contributed by atoms with E-state index in [0.717, 1.165) is 17.5 Å². The highest BCUT2D eigenvalue weighted by Crippen LogP contribution is 2.20. The van der Waals surface area contributed by atoms with Crippen LogP contribution in [0.25, 0.3) is 6.08 Å². The Balaban J connectivity index is 1.52. The number of hydrogen-bond acceptors (Lipinski definition) is 5. The summed E-state index contributed by atoms with van der Waals surface area (Å²) in [5.74, 6) is -0.230. The van der Waals surface area contributed by atoms with Crippen molar-refractivity contribution in [3.63, 3.8) is 0 Å². The Morgan fingerprint density at radius 1 is 1.12 bits per heavy atom. The third-order valence-electron chi connectivity index (χ3n) is 3.95. The Bertz CT molecular complexity index is 775. The summed E-state index contributed by atoms with van der Waals surface area (Å²) in [6.45, 7) is 0. The van der Waals surface area contributed by atoms with E-state index in [-0.39, 0.29) is 23.8 Å². The zero-order valence-electron chi connectivity index (χ0n) is 13.4. The molecule has 7 heteroatoms. The molecule has 0 aromatic heterocycles. The number of nitrogens with one attached hydrogen (secondary N) is 3. The van der Waals surface area contributed by atoms with Gasteiger partial charge in [0.05, 0.1) is 11.1 Å². The monoisotopic (exact) mass is 338 g/mol. The number of hydrogen-bond donors (Lipinski definition) is 3. The molecule has 1 saturated heterocycles. The zero-order valence-corrected chi connectivity index (χ0v) is 13.4. The predicted molar refractivity (Wildman–Crippen MR) is 94.1 cm³/mol. The van der Waals surface area contributed by atoms with Crippen LogP contribution in [0, 0.1) is 10.1 Å². The summed E-state index contributed by atoms with van der Waals surface area (Å²) in [5, 5.41) is 13.5. The second kappa shape index (κ2) is 7.69. The van der Waals surface area contributed by atoms with Crippen LogP contribution in [0.1, 0.15) is 23.6 Å². The molecule has 0 spiro atoms. The average Bonchev–Trinajstić information content (AvgIpc) is 3.09. The lowest BCUT2D eigenvalue weighted by molar-refractivity contribution is -0.384. The molecule has 1 heterocycles. The van der Waals surface area contributed by atoms with Crippen LogP contribution in [-0.2, 0) is 4.79 Å². The molecular weight excluding hydrogens is 320 g/mol. The van der Waals surface area contributed by atoms with Crippen LogP contribution < -0.4 is 16.2 Å². The third-order valence-corrected chi connectivity index (χ3v) is 3.95. The van der Waals surface area contributed by atoms with Crippen LogP contribution in [0.5, 0.6) is 0 Å². The number of benzene rings is 2. The number of nitro benzene ring substituents is 1. The minimum absolute atomic E-state index is 0.0229. The standard InChI is InChI=1S/C18H18N4O3/c23-18(11-8-13-6-9-15(10-7-13)22(24)25)19-17-12-16(20-21-17)14-4-2-1-3-5-14/h1-11,16-17,20-21H,12H2,(H,19,23)/b11-8+. The van der Waals surface area contributed by atoms with Gasteiger partial charge in [-0.3, -0.25) is 14.9 Å². The van der Waals surface area contributed by atoms with Gasteiger partial charge in [-0.05, 0) is 29.3 Å². The highest BCUT2D eigenvalue weighted by molar-refractivity contribution is 5.91. The molecule has 1 fully saturated rings. The Kier molecular flexibility index (Phi) is 5.17. The van der Waals surface area contributed by atoms with E-state index in [1.807, 2.05) is 30.3 Å². The fraction of sp³-hybridized carbons (Fsp3) is 0.167. The van der Waals surface area contributed by atoms with Crippen molar-refractivity contribution < 1.29 is 9.72 Å². The van der Waals surface area contributed by atoms with Gasteiger partial charge in [-0.15, -0.1) is 0 Å². The molecule has 0 aliphatic carbocycles. The Morgan fingerprint density at radius 3 is 2.52 bits per heavy atom. The Morgan fingerprint density at radius 2 is 1.84 bits per heavy atom. The molecular formula is C18H18N4O3. The van der Waals surface area contributed by atoms with E-state index in [2.05, 4.69) is 16.2 Å². The van der Waals surface area contributed by atoms with Crippen LogP contribution >= 0.6 is 0 Å². The van der Waals surface area contributed by atoms with Gasteiger partial charge in [-0.1, -0.05) is 30.3 Å². The number of non-ortho nitro benzene ring substituents is 1. The normalized spacial score (nSPS) is 19.8. The van der Waals surface area contributed by atoms with Gasteiger partial charge in [0.2, 0.25) is 5.91 Å². The van der Waals surface area contributed by atoms with E-state index >= 15 is 0 Å². The van der Waals surface area contributed by atoms with E-state index in [0.29, 0.717) is 0 Å². The van der Waals surface area contributed by atoms with Gasteiger partial charge in [0.25, 0.3) is 5.69 Å². The van der Waals surface area contributed by atoms with Gasteiger partial charge in [0.1, 0.15) is 0 Å². The molecule has 2 atom stereocenters. The molecule has 128 valence electrons. The molecule has 1 amide bonds. The van der Waals surface area contributed by atoms with Crippen molar-refractivity contribution in [2.24, 2.45) is 0 Å². The van der Waals surface area contributed by atoms with Gasteiger partial charge in [0, 0.05) is 30.7 Å². The van der Waals surface area contributed by atoms with Crippen LogP contribution in [0.15, 0.2) is 60.7 Å². The van der Waals surface area contributed by atoms with Crippen LogP contribution in [0.3, 0.4) is 0 Å². The molecule has 0 bridgehead atoms. The molecule has 1 aliphatic rings. The first kappa shape index (κ1) is 16.8. The van der Waals surface area contributed by atoms with E-state index in [1.165, 1.54) is 18.2 Å². The summed E-state index contributed by atoms with van der Waals surface area (Å²) in [7, 11) is 0. The first-order chi connectivity index (χ1) is 12.1. The molecule has 0 radical (unpaired) electrons. The number of nitro groups is 1. The number of nitrogens with zero attached hydrogens (tertiary/aromatic N) is 1. The summed E-state index contributed by atoms with van der Waals surface area (Å²) in [4.78, 5) is 22.2. The van der Waals surface area contributed by atoms with Gasteiger partial charge in [0.15, 0.2) is 0 Å². The molecule has 25 heavy (non-hydrogen) atoms. The predicted octanol–water partition coefficient (Wildman–Crippen LogP) is 2.29. The quantitative estimate of drug-likeness (QED) is 0.442. The second-order valence-corrected chi connectivity index (χ2v) is 5.73. The SMILES string of the molecule is O=C(/C=C/c1ccc([N+](=O)[O-])cc1)NC1CC(c2ccccc2)NN1. The summed E-state index contributed by atoms with van der Waals surface area (Å²) in [6.07, 6.45) is 3.61. The first-order valence-corrected chi connectivity index (χ1v) is 7.91. The minimum atomic E-state index is -0.456. The zero-order chi connectivity index (χ0) is 17.6. The van der Waals surface area contributed by atoms with Gasteiger partial charge in [-0.2, -0.15) is 0 Å². The molecule has 0 saturated carbocycles. The van der Waals surface area contributed by atoms with E-state index in [4.69, 9.17) is 0 Å². The second-order valence-electron chi connectivity index (χ2n) is 5.73. The minimum Gasteiger partial charge on any atom is -0.336 e. The maximum Gasteiger partial charge on any atom is 0.269 e. The number of amides is 1. The maximum absolute atomic E-state index is 12.0. The summed E-state index contributed by atoms with van der Waals surface area (Å²) in [5.41, 5.74) is 8.14. The Hall–Kier alpha value is -3.03. The molecule has 7 nitrogen and oxygen atoms in total. The average molecular weight is 338 g/mol. The fourth-order valence-electron chi connectivity index (χ4n) is 2.65. The number of carbonyl (C=O) groups is 1. The van der Waals surface area contributed by atoms with Crippen molar-refractivity contribution in [1.82, 2.24) is 16.2 Å². The van der Waals surface area contributed by atoms with Crippen molar-refractivity contribution >= 4 is 17.7 Å². The maximum atomic E-state index is 12.0. The third kappa shape index (κ3) is 4.50. The van der Waals surface area contributed by atoms with Gasteiger partial charge < -0.3 is 5.32 Å². The molecule has 2 aromatic rings. The largest absolute Gasteiger partial charge is 0.336 e. The highest BCUT2D eigenvalue weighted by atomic mass is 16.6. The lowest BCUT2D eigenvalue weighted by Crippen LogP contribution is -2.43. The van der Waals surface area contributed by atoms with E-state index in [1.54, 1.807) is 18.2 Å². The van der Waals surface area contributed by atoms with Crippen molar-refractivity contribution in [3.8, 4) is 0 Å². The highest BCUT2D eigenvalue weighted by Gasteiger charge is 2.25. The fourth-order valence-corrected chi connectivity index (χ4v) is 2.65. The first-order valence-electron chi connectivity index (χ1n) is 7.91. The topological polar surface area (TPSA) is 96.3 Å². The number of rotatable bonds is 5. The summed E-state index contributed by atoms with van der Waals surface area (Å²) < 4.78 is 0. The lowest BCUT2D eigenvalue weighted by Gasteiger charge is -2.10. The molecule has 2 aromatic carbocycles. The molecule has 3 rings (SSSR count). The lowest BCUT2D eigenvalue weighted by atomic mass is 10.0. The van der Waals surface area contributed by atoms with E-state index in [9.17, 15) is 14.9 Å². The number of carbonyl (C=O) groups excluding carboxylic acids is 1. The van der Waals surface area contributed by atoms with Crippen molar-refractivity contribution in [2.45, 2.75) is 18.6 Å².